The maximum absolute atomic E-state index is 11.9. The van der Waals surface area contributed by atoms with Crippen molar-refractivity contribution in [1.82, 2.24) is 9.80 Å². The molecule has 1 N–H and O–H groups in total. The second-order valence-electron chi connectivity index (χ2n) is 15.9. The van der Waals surface area contributed by atoms with E-state index in [0.717, 1.165) is 76.5 Å². The minimum Gasteiger partial charge on any atom is -0.490 e. The van der Waals surface area contributed by atoms with Crippen LogP contribution >= 0.6 is 0 Å². The number of aliphatic carboxylic acids is 1. The van der Waals surface area contributed by atoms with Crippen molar-refractivity contribution in [2.45, 2.75) is 109 Å². The van der Waals surface area contributed by atoms with Crippen molar-refractivity contribution in [3.05, 3.63) is 83.9 Å². The molecular formula is C46H58N2O6. The van der Waals surface area contributed by atoms with Crippen LogP contribution in [0.2, 0.25) is 0 Å². The zero-order valence-corrected chi connectivity index (χ0v) is 32.1. The largest absolute Gasteiger partial charge is 0.490 e. The first kappa shape index (κ1) is 38.1. The van der Waals surface area contributed by atoms with Gasteiger partial charge in [-0.2, -0.15) is 0 Å². The maximum atomic E-state index is 11.9. The third-order valence-electron chi connectivity index (χ3n) is 11.9. The van der Waals surface area contributed by atoms with Gasteiger partial charge >= 0.3 is 11.9 Å². The van der Waals surface area contributed by atoms with E-state index in [9.17, 15) is 9.59 Å². The number of carbonyl (C=O) groups is 2. The third-order valence-corrected chi connectivity index (χ3v) is 11.9. The Morgan fingerprint density at radius 1 is 0.574 bits per heavy atom. The Hall–Kier alpha value is -4.14. The van der Waals surface area contributed by atoms with E-state index in [4.69, 9.17) is 19.3 Å². The highest BCUT2D eigenvalue weighted by molar-refractivity contribution is 5.85. The second kappa shape index (κ2) is 18.5. The quantitative estimate of drug-likeness (QED) is 0.153. The molecule has 0 spiro atoms. The highest BCUT2D eigenvalue weighted by Crippen LogP contribution is 2.30. The third kappa shape index (κ3) is 10.3. The molecule has 288 valence electrons. The van der Waals surface area contributed by atoms with Crippen molar-refractivity contribution < 1.29 is 28.9 Å². The molecule has 8 nitrogen and oxygen atoms in total. The summed E-state index contributed by atoms with van der Waals surface area (Å²) < 4.78 is 17.4. The van der Waals surface area contributed by atoms with E-state index in [1.807, 2.05) is 6.92 Å². The average molecular weight is 735 g/mol. The van der Waals surface area contributed by atoms with E-state index in [1.165, 1.54) is 84.0 Å². The fourth-order valence-electron chi connectivity index (χ4n) is 8.73. The van der Waals surface area contributed by atoms with Gasteiger partial charge in [0, 0.05) is 13.1 Å². The first-order chi connectivity index (χ1) is 26.4. The van der Waals surface area contributed by atoms with Crippen molar-refractivity contribution in [1.29, 1.82) is 0 Å². The Morgan fingerprint density at radius 3 is 1.41 bits per heavy atom. The lowest BCUT2D eigenvalue weighted by atomic mass is 9.96. The summed E-state index contributed by atoms with van der Waals surface area (Å²) in [5, 5.41) is 14.1. The van der Waals surface area contributed by atoms with Crippen LogP contribution in [-0.2, 0) is 27.4 Å². The number of piperidine rings is 2. The minimum absolute atomic E-state index is 0.0246. The number of hydrogen-bond donors (Lipinski definition) is 1. The topological polar surface area (TPSA) is 88.5 Å². The molecule has 4 aromatic carbocycles. The summed E-state index contributed by atoms with van der Waals surface area (Å²) in [6, 6.07) is 26.2. The maximum Gasteiger partial charge on any atom is 0.309 e. The van der Waals surface area contributed by atoms with Crippen LogP contribution in [-0.4, -0.2) is 71.8 Å². The molecule has 0 radical (unpaired) electrons. The smallest absolute Gasteiger partial charge is 0.309 e. The number of carboxylic acids is 1. The summed E-state index contributed by atoms with van der Waals surface area (Å²) in [6.45, 7) is 7.81. The van der Waals surface area contributed by atoms with Crippen molar-refractivity contribution >= 4 is 33.5 Å². The normalized spacial score (nSPS) is 19.5. The number of fused-ring (bicyclic) bond motifs is 2. The van der Waals surface area contributed by atoms with E-state index in [-0.39, 0.29) is 17.8 Å². The molecule has 2 heterocycles. The van der Waals surface area contributed by atoms with Gasteiger partial charge in [-0.05, 0) is 179 Å². The molecule has 0 amide bonds. The monoisotopic (exact) mass is 734 g/mol. The van der Waals surface area contributed by atoms with E-state index in [0.29, 0.717) is 18.8 Å². The molecule has 54 heavy (non-hydrogen) atoms. The van der Waals surface area contributed by atoms with Gasteiger partial charge < -0.3 is 19.3 Å². The van der Waals surface area contributed by atoms with E-state index < -0.39 is 5.97 Å². The van der Waals surface area contributed by atoms with Crippen molar-refractivity contribution in [3.63, 3.8) is 0 Å². The van der Waals surface area contributed by atoms with Crippen LogP contribution in [0, 0.1) is 11.8 Å². The van der Waals surface area contributed by atoms with Crippen molar-refractivity contribution in [2.24, 2.45) is 11.8 Å². The molecule has 8 heteroatoms. The zero-order chi connectivity index (χ0) is 37.3. The van der Waals surface area contributed by atoms with Gasteiger partial charge in [-0.25, -0.2) is 0 Å². The SMILES string of the molecule is CCOC(=O)C1CCN(Cc2ccc3cc(OC4CCCC4)ccc3c2)CC1.O=C(O)C1CCN(Cc2ccc3cc(OC4CCCC4)ccc3c2)CC1. The predicted octanol–water partition coefficient (Wildman–Crippen LogP) is 9.39. The minimum atomic E-state index is -0.647. The van der Waals surface area contributed by atoms with Gasteiger partial charge in [0.25, 0.3) is 0 Å². The molecule has 8 rings (SSSR count). The van der Waals surface area contributed by atoms with Gasteiger partial charge in [0.15, 0.2) is 0 Å². The van der Waals surface area contributed by atoms with Crippen LogP contribution in [0.5, 0.6) is 11.5 Å². The Kier molecular flexibility index (Phi) is 13.0. The number of hydrogen-bond acceptors (Lipinski definition) is 7. The molecule has 4 aliphatic rings. The summed E-state index contributed by atoms with van der Waals surface area (Å²) in [5.74, 6) is 1.21. The van der Waals surface area contributed by atoms with Gasteiger partial charge in [0.05, 0.1) is 30.7 Å². The summed E-state index contributed by atoms with van der Waals surface area (Å²) >= 11 is 0. The first-order valence-corrected chi connectivity index (χ1v) is 20.6. The highest BCUT2D eigenvalue weighted by Gasteiger charge is 2.26. The van der Waals surface area contributed by atoms with Gasteiger partial charge in [-0.1, -0.05) is 36.4 Å². The number of carboxylic acid groups (broad SMARTS) is 1. The summed E-state index contributed by atoms with van der Waals surface area (Å²) in [5.41, 5.74) is 2.61. The van der Waals surface area contributed by atoms with Gasteiger partial charge in [0.2, 0.25) is 0 Å². The number of carbonyl (C=O) groups excluding carboxylic acids is 1. The molecule has 2 saturated heterocycles. The summed E-state index contributed by atoms with van der Waals surface area (Å²) in [6.07, 6.45) is 14.0. The predicted molar refractivity (Wildman–Crippen MR) is 214 cm³/mol. The number of nitrogens with zero attached hydrogens (tertiary/aromatic N) is 2. The highest BCUT2D eigenvalue weighted by atomic mass is 16.5. The van der Waals surface area contributed by atoms with Crippen LogP contribution in [0.4, 0.5) is 0 Å². The molecule has 2 aliphatic carbocycles. The molecule has 4 aromatic rings. The standard InChI is InChI=1S/C24H31NO3.C22H27NO3/c1-2-27-24(26)19-11-13-25(14-12-19)17-18-7-8-21-16-23(10-9-20(21)15-18)28-22-5-3-4-6-22;24-22(25)17-9-11-23(12-10-17)15-16-5-6-19-14-21(8-7-18(19)13-16)26-20-3-1-2-4-20/h7-10,15-16,19,22H,2-6,11-14,17H2,1H3;5-8,13-14,17,20H,1-4,9-12,15H2,(H,24,25). The second-order valence-corrected chi connectivity index (χ2v) is 15.9. The van der Waals surface area contributed by atoms with Gasteiger partial charge in [0.1, 0.15) is 11.5 Å². The fourth-order valence-corrected chi connectivity index (χ4v) is 8.73. The molecule has 0 bridgehead atoms. The lowest BCUT2D eigenvalue weighted by Crippen LogP contribution is -2.36. The molecular weight excluding hydrogens is 677 g/mol. The molecule has 0 atom stereocenters. The number of ether oxygens (including phenoxy) is 3. The van der Waals surface area contributed by atoms with E-state index >= 15 is 0 Å². The summed E-state index contributed by atoms with van der Waals surface area (Å²) in [7, 11) is 0. The van der Waals surface area contributed by atoms with Crippen molar-refractivity contribution in [3.8, 4) is 11.5 Å². The molecule has 4 fully saturated rings. The first-order valence-electron chi connectivity index (χ1n) is 20.6. The van der Waals surface area contributed by atoms with Crippen LogP contribution in [0.1, 0.15) is 95.1 Å². The number of likely N-dealkylation sites (tertiary alicyclic amines) is 2. The Bertz CT molecular complexity index is 1850. The Balaban J connectivity index is 0.000000167. The number of esters is 1. The van der Waals surface area contributed by atoms with Crippen molar-refractivity contribution in [2.75, 3.05) is 32.8 Å². The van der Waals surface area contributed by atoms with Crippen LogP contribution in [0.3, 0.4) is 0 Å². The number of benzene rings is 4. The van der Waals surface area contributed by atoms with E-state index in [2.05, 4.69) is 82.6 Å². The summed E-state index contributed by atoms with van der Waals surface area (Å²) in [4.78, 5) is 27.8. The molecule has 0 unspecified atom stereocenters. The molecule has 2 aliphatic heterocycles. The van der Waals surface area contributed by atoms with Gasteiger partial charge in [-0.3, -0.25) is 19.4 Å². The van der Waals surface area contributed by atoms with Crippen LogP contribution < -0.4 is 9.47 Å². The average Bonchev–Trinajstić information content (AvgIpc) is 3.91. The lowest BCUT2D eigenvalue weighted by Gasteiger charge is -2.30. The lowest BCUT2D eigenvalue weighted by molar-refractivity contribution is -0.149. The number of rotatable bonds is 11. The Morgan fingerprint density at radius 2 is 0.981 bits per heavy atom. The fraction of sp³-hybridized carbons (Fsp3) is 0.522. The van der Waals surface area contributed by atoms with E-state index in [1.54, 1.807) is 0 Å². The Labute approximate surface area is 320 Å². The molecule has 0 aromatic heterocycles. The van der Waals surface area contributed by atoms with Crippen LogP contribution in [0.25, 0.3) is 21.5 Å². The van der Waals surface area contributed by atoms with Gasteiger partial charge in [-0.15, -0.1) is 0 Å². The molecule has 2 saturated carbocycles. The zero-order valence-electron chi connectivity index (χ0n) is 32.1. The van der Waals surface area contributed by atoms with Crippen LogP contribution in [0.15, 0.2) is 72.8 Å².